The first kappa shape index (κ1) is 34.3. The van der Waals surface area contributed by atoms with Crippen molar-refractivity contribution in [3.8, 4) is 17.0 Å². The van der Waals surface area contributed by atoms with Crippen LogP contribution in [0.3, 0.4) is 0 Å². The van der Waals surface area contributed by atoms with Gasteiger partial charge in [-0.1, -0.05) is 35.9 Å². The van der Waals surface area contributed by atoms with Gasteiger partial charge in [-0.25, -0.2) is 4.98 Å². The summed E-state index contributed by atoms with van der Waals surface area (Å²) < 4.78 is 45.6. The fourth-order valence-corrected chi connectivity index (χ4v) is 5.08. The highest BCUT2D eigenvalue weighted by molar-refractivity contribution is 6.32. The maximum atomic E-state index is 13.2. The molecular formula is C32H39ClF3N5O4. The van der Waals surface area contributed by atoms with Crippen molar-refractivity contribution >= 4 is 23.4 Å². The van der Waals surface area contributed by atoms with Crippen LogP contribution in [0.15, 0.2) is 48.7 Å². The molecule has 1 saturated heterocycles. The Morgan fingerprint density at radius 3 is 2.36 bits per heavy atom. The average Bonchev–Trinajstić information content (AvgIpc) is 3.40. The summed E-state index contributed by atoms with van der Waals surface area (Å²) in [7, 11) is 0. The van der Waals surface area contributed by atoms with Crippen LogP contribution >= 0.6 is 11.6 Å². The maximum absolute atomic E-state index is 13.2. The van der Waals surface area contributed by atoms with Crippen molar-refractivity contribution in [2.75, 3.05) is 26.2 Å². The topological polar surface area (TPSA) is 109 Å². The van der Waals surface area contributed by atoms with Gasteiger partial charge in [-0.2, -0.15) is 13.2 Å². The van der Waals surface area contributed by atoms with Crippen molar-refractivity contribution in [2.45, 2.75) is 71.0 Å². The Balaban J connectivity index is 1.48. The Morgan fingerprint density at radius 2 is 1.82 bits per heavy atom. The Hall–Kier alpha value is -3.61. The van der Waals surface area contributed by atoms with Crippen LogP contribution in [0.4, 0.5) is 13.2 Å². The minimum atomic E-state index is -4.57. The number of hydrogen-bond donors (Lipinski definition) is 3. The lowest BCUT2D eigenvalue weighted by Crippen LogP contribution is -2.49. The molecule has 0 aliphatic carbocycles. The summed E-state index contributed by atoms with van der Waals surface area (Å²) in [6.45, 7) is 9.06. The number of carbonyl (C=O) groups is 2. The molecule has 0 spiro atoms. The summed E-state index contributed by atoms with van der Waals surface area (Å²) in [6, 6.07) is 11.0. The van der Waals surface area contributed by atoms with Crippen molar-refractivity contribution in [1.29, 1.82) is 0 Å². The zero-order valence-corrected chi connectivity index (χ0v) is 26.5. The number of ether oxygens (including phenoxy) is 1. The number of alkyl halides is 3. The zero-order valence-electron chi connectivity index (χ0n) is 25.7. The minimum absolute atomic E-state index is 0.132. The SMILES string of the molecule is CCn1cc(-c2ccc(C[C@H](CNC(=O)CN3CCC3)NC(=O)c3ccc(O[C@H](C)C(F)(F)F)c(Cl)c3)cc2)nc1C(C)(C)O. The van der Waals surface area contributed by atoms with Gasteiger partial charge in [0, 0.05) is 30.4 Å². The third kappa shape index (κ3) is 9.21. The Labute approximate surface area is 265 Å². The maximum Gasteiger partial charge on any atom is 0.425 e. The summed E-state index contributed by atoms with van der Waals surface area (Å²) in [5.41, 5.74) is 1.50. The van der Waals surface area contributed by atoms with E-state index in [4.69, 9.17) is 16.3 Å². The molecule has 2 atom stereocenters. The van der Waals surface area contributed by atoms with Crippen LogP contribution < -0.4 is 15.4 Å². The number of benzene rings is 2. The van der Waals surface area contributed by atoms with E-state index >= 15 is 0 Å². The molecule has 4 rings (SSSR count). The van der Waals surface area contributed by atoms with Gasteiger partial charge < -0.3 is 25.0 Å². The average molecular weight is 650 g/mol. The monoisotopic (exact) mass is 649 g/mol. The molecule has 2 heterocycles. The van der Waals surface area contributed by atoms with Crippen LogP contribution in [0, 0.1) is 0 Å². The van der Waals surface area contributed by atoms with E-state index < -0.39 is 29.8 Å². The van der Waals surface area contributed by atoms with Crippen molar-refractivity contribution in [1.82, 2.24) is 25.1 Å². The van der Waals surface area contributed by atoms with E-state index in [-0.39, 0.29) is 35.3 Å². The quantitative estimate of drug-likeness (QED) is 0.242. The zero-order chi connectivity index (χ0) is 32.9. The molecule has 2 aromatic carbocycles. The molecule has 3 N–H and O–H groups in total. The third-order valence-corrected chi connectivity index (χ3v) is 7.85. The van der Waals surface area contributed by atoms with Crippen LogP contribution in [0.25, 0.3) is 11.3 Å². The fraction of sp³-hybridized carbons (Fsp3) is 0.469. The largest absolute Gasteiger partial charge is 0.480 e. The van der Waals surface area contributed by atoms with E-state index in [0.717, 1.165) is 43.3 Å². The van der Waals surface area contributed by atoms with Gasteiger partial charge in [0.15, 0.2) is 6.10 Å². The van der Waals surface area contributed by atoms with E-state index in [1.165, 1.54) is 18.2 Å². The minimum Gasteiger partial charge on any atom is -0.480 e. The summed E-state index contributed by atoms with van der Waals surface area (Å²) in [4.78, 5) is 32.4. The molecule has 0 bridgehead atoms. The second-order valence-corrected chi connectivity index (χ2v) is 12.2. The van der Waals surface area contributed by atoms with Crippen LogP contribution in [0.1, 0.15) is 55.9 Å². The van der Waals surface area contributed by atoms with E-state index in [0.29, 0.717) is 18.8 Å². The van der Waals surface area contributed by atoms with Crippen LogP contribution in [-0.2, 0) is 23.4 Å². The summed E-state index contributed by atoms with van der Waals surface area (Å²) >= 11 is 6.16. The number of likely N-dealkylation sites (tertiary alicyclic amines) is 1. The van der Waals surface area contributed by atoms with Gasteiger partial charge in [0.2, 0.25) is 5.91 Å². The summed E-state index contributed by atoms with van der Waals surface area (Å²) in [6.07, 6.45) is -3.31. The molecule has 1 fully saturated rings. The lowest BCUT2D eigenvalue weighted by molar-refractivity contribution is -0.189. The molecule has 0 radical (unpaired) electrons. The smallest absolute Gasteiger partial charge is 0.425 e. The molecule has 1 aromatic heterocycles. The van der Waals surface area contributed by atoms with Gasteiger partial charge in [0.05, 0.1) is 23.3 Å². The molecule has 1 aliphatic rings. The molecule has 0 saturated carbocycles. The first-order chi connectivity index (χ1) is 21.1. The number of nitrogens with one attached hydrogen (secondary N) is 2. The highest BCUT2D eigenvalue weighted by Gasteiger charge is 2.38. The fourth-order valence-electron chi connectivity index (χ4n) is 4.85. The number of amides is 2. The number of nitrogens with zero attached hydrogens (tertiary/aromatic N) is 3. The van der Waals surface area contributed by atoms with Crippen molar-refractivity contribution in [3.05, 3.63) is 70.6 Å². The number of rotatable bonds is 13. The van der Waals surface area contributed by atoms with Crippen molar-refractivity contribution in [2.24, 2.45) is 0 Å². The van der Waals surface area contributed by atoms with Crippen LogP contribution in [0.2, 0.25) is 5.02 Å². The highest BCUT2D eigenvalue weighted by Crippen LogP contribution is 2.31. The second kappa shape index (κ2) is 14.2. The van der Waals surface area contributed by atoms with Crippen molar-refractivity contribution < 1.29 is 32.6 Å². The predicted molar refractivity (Wildman–Crippen MR) is 165 cm³/mol. The number of aromatic nitrogens is 2. The highest BCUT2D eigenvalue weighted by atomic mass is 35.5. The second-order valence-electron chi connectivity index (χ2n) is 11.7. The van der Waals surface area contributed by atoms with Gasteiger partial charge in [-0.05, 0) is 77.4 Å². The summed E-state index contributed by atoms with van der Waals surface area (Å²) in [5.74, 6) is -0.279. The van der Waals surface area contributed by atoms with Gasteiger partial charge in [0.25, 0.3) is 5.91 Å². The van der Waals surface area contributed by atoms with Crippen LogP contribution in [-0.4, -0.2) is 75.9 Å². The van der Waals surface area contributed by atoms with E-state index in [2.05, 4.69) is 15.6 Å². The first-order valence-corrected chi connectivity index (χ1v) is 15.2. The van der Waals surface area contributed by atoms with Crippen LogP contribution in [0.5, 0.6) is 5.75 Å². The molecule has 3 aromatic rings. The molecule has 13 heteroatoms. The van der Waals surface area contributed by atoms with E-state index in [1.807, 2.05) is 46.9 Å². The Bertz CT molecular complexity index is 1480. The van der Waals surface area contributed by atoms with E-state index in [9.17, 15) is 27.9 Å². The molecule has 2 amide bonds. The standard InChI is InChI=1S/C32H39ClF3N5O4/c1-5-41-18-26(39-30(41)31(3,4)44)22-9-7-21(8-10-22)15-24(17-37-28(42)19-40-13-6-14-40)38-29(43)23-11-12-27(25(33)16-23)45-20(2)32(34,35)36/h7-12,16,18,20,24,44H,5-6,13-15,17,19H2,1-4H3,(H,37,42)(H,38,43)/t20-,24-/m1/s1. The number of hydrogen-bond acceptors (Lipinski definition) is 6. The lowest BCUT2D eigenvalue weighted by atomic mass is 10.0. The number of aryl methyl sites for hydroxylation is 1. The Morgan fingerprint density at radius 1 is 1.13 bits per heavy atom. The lowest BCUT2D eigenvalue weighted by Gasteiger charge is -2.30. The van der Waals surface area contributed by atoms with Crippen molar-refractivity contribution in [3.63, 3.8) is 0 Å². The molecule has 1 aliphatic heterocycles. The molecular weight excluding hydrogens is 611 g/mol. The van der Waals surface area contributed by atoms with Gasteiger partial charge in [-0.3, -0.25) is 14.5 Å². The van der Waals surface area contributed by atoms with E-state index in [1.54, 1.807) is 13.8 Å². The number of imidazole rings is 1. The first-order valence-electron chi connectivity index (χ1n) is 14.9. The molecule has 9 nitrogen and oxygen atoms in total. The van der Waals surface area contributed by atoms with Gasteiger partial charge in [0.1, 0.15) is 17.2 Å². The molecule has 45 heavy (non-hydrogen) atoms. The normalized spacial score (nSPS) is 15.2. The Kier molecular flexibility index (Phi) is 10.8. The number of carbonyl (C=O) groups excluding carboxylic acids is 2. The molecule has 244 valence electrons. The molecule has 0 unspecified atom stereocenters. The van der Waals surface area contributed by atoms with Gasteiger partial charge in [-0.15, -0.1) is 0 Å². The summed E-state index contributed by atoms with van der Waals surface area (Å²) in [5, 5.41) is 16.2. The number of halogens is 4. The predicted octanol–water partition coefficient (Wildman–Crippen LogP) is 4.94. The van der Waals surface area contributed by atoms with Gasteiger partial charge >= 0.3 is 6.18 Å². The third-order valence-electron chi connectivity index (χ3n) is 7.55. The number of aliphatic hydroxyl groups is 1.